The molecule has 3 heteroatoms. The van der Waals surface area contributed by atoms with Gasteiger partial charge in [-0.05, 0) is 31.4 Å². The first-order chi connectivity index (χ1) is 7.69. The van der Waals surface area contributed by atoms with Gasteiger partial charge in [-0.1, -0.05) is 19.9 Å². The van der Waals surface area contributed by atoms with E-state index in [4.69, 9.17) is 5.73 Å². The van der Waals surface area contributed by atoms with Gasteiger partial charge in [0.25, 0.3) is 0 Å². The highest BCUT2D eigenvalue weighted by Gasteiger charge is 2.06. The van der Waals surface area contributed by atoms with Crippen molar-refractivity contribution < 1.29 is 0 Å². The Kier molecular flexibility index (Phi) is 5.26. The molecule has 1 rings (SSSR count). The van der Waals surface area contributed by atoms with E-state index in [1.807, 2.05) is 13.1 Å². The molecule has 1 aromatic rings. The molecule has 0 unspecified atom stereocenters. The van der Waals surface area contributed by atoms with Gasteiger partial charge in [0.1, 0.15) is 5.82 Å². The normalized spacial score (nSPS) is 12.5. The molecule has 16 heavy (non-hydrogen) atoms. The van der Waals surface area contributed by atoms with Gasteiger partial charge in [-0.2, -0.15) is 0 Å². The number of hydrogen-bond acceptors (Lipinski definition) is 3. The molecule has 0 fully saturated rings. The fourth-order valence-electron chi connectivity index (χ4n) is 1.73. The van der Waals surface area contributed by atoms with Gasteiger partial charge in [-0.25, -0.2) is 4.98 Å². The predicted octanol–water partition coefficient (Wildman–Crippen LogP) is 2.73. The van der Waals surface area contributed by atoms with Crippen LogP contribution in [0.2, 0.25) is 0 Å². The molecule has 1 aromatic heterocycles. The van der Waals surface area contributed by atoms with E-state index in [1.165, 1.54) is 0 Å². The molecule has 0 aliphatic carbocycles. The second-order valence-electron chi connectivity index (χ2n) is 4.23. The second-order valence-corrected chi connectivity index (χ2v) is 4.23. The van der Waals surface area contributed by atoms with Crippen LogP contribution in [-0.4, -0.2) is 18.1 Å². The first-order valence-electron chi connectivity index (χ1n) is 6.15. The molecule has 0 saturated carbocycles. The summed E-state index contributed by atoms with van der Waals surface area (Å²) in [7, 11) is 0. The summed E-state index contributed by atoms with van der Waals surface area (Å²) in [6, 6.07) is 4.21. The van der Waals surface area contributed by atoms with Crippen LogP contribution in [-0.2, 0) is 0 Å². The maximum atomic E-state index is 5.80. The van der Waals surface area contributed by atoms with Crippen LogP contribution in [0.1, 0.15) is 45.2 Å². The molecular formula is C13H23N3. The van der Waals surface area contributed by atoms with Crippen LogP contribution in [0.3, 0.4) is 0 Å². The Bertz CT molecular complexity index is 287. The maximum absolute atomic E-state index is 5.80. The van der Waals surface area contributed by atoms with E-state index in [0.717, 1.165) is 37.3 Å². The summed E-state index contributed by atoms with van der Waals surface area (Å²) < 4.78 is 0. The van der Waals surface area contributed by atoms with Crippen LogP contribution in [0.25, 0.3) is 0 Å². The zero-order valence-electron chi connectivity index (χ0n) is 10.6. The molecule has 0 bridgehead atoms. The van der Waals surface area contributed by atoms with Crippen molar-refractivity contribution in [2.24, 2.45) is 5.73 Å². The molecule has 0 spiro atoms. The van der Waals surface area contributed by atoms with Gasteiger partial charge >= 0.3 is 0 Å². The topological polar surface area (TPSA) is 42.1 Å². The predicted molar refractivity (Wildman–Crippen MR) is 69.6 cm³/mol. The van der Waals surface area contributed by atoms with Crippen molar-refractivity contribution in [1.29, 1.82) is 0 Å². The Labute approximate surface area is 98.7 Å². The Balaban J connectivity index is 2.76. The van der Waals surface area contributed by atoms with E-state index in [-0.39, 0.29) is 6.04 Å². The standard InChI is InChI=1S/C13H23N3/c1-4-8-16(9-5-2)13-7-6-12(10-15-13)11(3)14/h6-7,10-11H,4-5,8-9,14H2,1-3H3/t11-/m0/s1. The highest BCUT2D eigenvalue weighted by Crippen LogP contribution is 2.15. The quantitative estimate of drug-likeness (QED) is 0.803. The van der Waals surface area contributed by atoms with E-state index in [9.17, 15) is 0 Å². The molecule has 0 aliphatic heterocycles. The number of nitrogens with two attached hydrogens (primary N) is 1. The summed E-state index contributed by atoms with van der Waals surface area (Å²) in [5.41, 5.74) is 6.90. The summed E-state index contributed by atoms with van der Waals surface area (Å²) in [5.74, 6) is 1.06. The first kappa shape index (κ1) is 13.0. The number of pyridine rings is 1. The average Bonchev–Trinajstić information content (AvgIpc) is 2.29. The Morgan fingerprint density at radius 2 is 1.88 bits per heavy atom. The molecule has 0 radical (unpaired) electrons. The average molecular weight is 221 g/mol. The van der Waals surface area contributed by atoms with E-state index in [1.54, 1.807) is 0 Å². The smallest absolute Gasteiger partial charge is 0.128 e. The Morgan fingerprint density at radius 3 is 2.25 bits per heavy atom. The Hall–Kier alpha value is -1.09. The van der Waals surface area contributed by atoms with Gasteiger partial charge in [0.05, 0.1) is 0 Å². The summed E-state index contributed by atoms with van der Waals surface area (Å²) in [6.07, 6.45) is 4.19. The van der Waals surface area contributed by atoms with Crippen LogP contribution in [0, 0.1) is 0 Å². The molecule has 0 aromatic carbocycles. The molecule has 2 N–H and O–H groups in total. The minimum Gasteiger partial charge on any atom is -0.357 e. The molecule has 0 saturated heterocycles. The highest BCUT2D eigenvalue weighted by atomic mass is 15.2. The summed E-state index contributed by atoms with van der Waals surface area (Å²) >= 11 is 0. The Morgan fingerprint density at radius 1 is 1.25 bits per heavy atom. The van der Waals surface area contributed by atoms with Crippen molar-refractivity contribution in [3.63, 3.8) is 0 Å². The van der Waals surface area contributed by atoms with Crippen LogP contribution in [0.15, 0.2) is 18.3 Å². The zero-order valence-corrected chi connectivity index (χ0v) is 10.6. The van der Waals surface area contributed by atoms with Gasteiger partial charge in [0.15, 0.2) is 0 Å². The van der Waals surface area contributed by atoms with E-state index in [0.29, 0.717) is 0 Å². The second kappa shape index (κ2) is 6.48. The van der Waals surface area contributed by atoms with E-state index < -0.39 is 0 Å². The van der Waals surface area contributed by atoms with Gasteiger partial charge in [0, 0.05) is 25.3 Å². The number of hydrogen-bond donors (Lipinski definition) is 1. The van der Waals surface area contributed by atoms with Crippen molar-refractivity contribution in [2.75, 3.05) is 18.0 Å². The summed E-state index contributed by atoms with van der Waals surface area (Å²) in [4.78, 5) is 6.81. The van der Waals surface area contributed by atoms with E-state index >= 15 is 0 Å². The fraction of sp³-hybridized carbons (Fsp3) is 0.615. The third kappa shape index (κ3) is 3.49. The lowest BCUT2D eigenvalue weighted by Crippen LogP contribution is -2.25. The van der Waals surface area contributed by atoms with Gasteiger partial charge in [0.2, 0.25) is 0 Å². The largest absolute Gasteiger partial charge is 0.357 e. The zero-order chi connectivity index (χ0) is 12.0. The fourth-order valence-corrected chi connectivity index (χ4v) is 1.73. The third-order valence-corrected chi connectivity index (χ3v) is 2.61. The van der Waals surface area contributed by atoms with Gasteiger partial charge < -0.3 is 10.6 Å². The van der Waals surface area contributed by atoms with Gasteiger partial charge in [-0.15, -0.1) is 0 Å². The monoisotopic (exact) mass is 221 g/mol. The number of nitrogens with zero attached hydrogens (tertiary/aromatic N) is 2. The number of anilines is 1. The third-order valence-electron chi connectivity index (χ3n) is 2.61. The minimum absolute atomic E-state index is 0.0624. The number of rotatable bonds is 6. The molecular weight excluding hydrogens is 198 g/mol. The van der Waals surface area contributed by atoms with Crippen molar-refractivity contribution in [3.05, 3.63) is 23.9 Å². The van der Waals surface area contributed by atoms with Crippen molar-refractivity contribution in [2.45, 2.75) is 39.7 Å². The van der Waals surface area contributed by atoms with Crippen molar-refractivity contribution in [1.82, 2.24) is 4.98 Å². The van der Waals surface area contributed by atoms with Crippen molar-refractivity contribution >= 4 is 5.82 Å². The van der Waals surface area contributed by atoms with Gasteiger partial charge in [-0.3, -0.25) is 0 Å². The molecule has 0 amide bonds. The maximum Gasteiger partial charge on any atom is 0.128 e. The summed E-state index contributed by atoms with van der Waals surface area (Å²) in [5, 5.41) is 0. The van der Waals surface area contributed by atoms with E-state index in [2.05, 4.69) is 35.9 Å². The number of aromatic nitrogens is 1. The lowest BCUT2D eigenvalue weighted by molar-refractivity contribution is 0.731. The lowest BCUT2D eigenvalue weighted by Gasteiger charge is -2.22. The molecule has 3 nitrogen and oxygen atoms in total. The SMILES string of the molecule is CCCN(CCC)c1ccc([C@H](C)N)cn1. The molecule has 1 atom stereocenters. The molecule has 1 heterocycles. The minimum atomic E-state index is 0.0624. The van der Waals surface area contributed by atoms with Crippen molar-refractivity contribution in [3.8, 4) is 0 Å². The van der Waals surface area contributed by atoms with Crippen LogP contribution < -0.4 is 10.6 Å². The summed E-state index contributed by atoms with van der Waals surface area (Å²) in [6.45, 7) is 8.50. The lowest BCUT2D eigenvalue weighted by atomic mass is 10.1. The van der Waals surface area contributed by atoms with Crippen LogP contribution in [0.5, 0.6) is 0 Å². The molecule has 90 valence electrons. The first-order valence-corrected chi connectivity index (χ1v) is 6.15. The van der Waals surface area contributed by atoms with Crippen LogP contribution >= 0.6 is 0 Å². The molecule has 0 aliphatic rings. The van der Waals surface area contributed by atoms with Crippen LogP contribution in [0.4, 0.5) is 5.82 Å². The highest BCUT2D eigenvalue weighted by molar-refractivity contribution is 5.39.